The molecule has 3 N–H and O–H groups in total. The SMILES string of the molecule is CCCc1nsc(NCCS(N)(=O)=O)n1. The molecule has 0 bridgehead atoms. The van der Waals surface area contributed by atoms with E-state index in [4.69, 9.17) is 5.14 Å². The highest BCUT2D eigenvalue weighted by molar-refractivity contribution is 7.89. The number of hydrogen-bond acceptors (Lipinski definition) is 6. The lowest BCUT2D eigenvalue weighted by molar-refractivity contribution is 0.598. The van der Waals surface area contributed by atoms with Gasteiger partial charge in [-0.3, -0.25) is 0 Å². The van der Waals surface area contributed by atoms with E-state index in [9.17, 15) is 8.42 Å². The van der Waals surface area contributed by atoms with Crippen LogP contribution in [-0.2, 0) is 16.4 Å². The first-order chi connectivity index (χ1) is 7.01. The van der Waals surface area contributed by atoms with Crippen molar-refractivity contribution in [3.8, 4) is 0 Å². The summed E-state index contributed by atoms with van der Waals surface area (Å²) in [4.78, 5) is 4.18. The van der Waals surface area contributed by atoms with Crippen LogP contribution in [0.5, 0.6) is 0 Å². The monoisotopic (exact) mass is 250 g/mol. The van der Waals surface area contributed by atoms with Crippen molar-refractivity contribution in [1.82, 2.24) is 9.36 Å². The number of primary sulfonamides is 1. The molecule has 0 aromatic carbocycles. The summed E-state index contributed by atoms with van der Waals surface area (Å²) in [5, 5.41) is 8.36. The molecule has 0 atom stereocenters. The Bertz CT molecular complexity index is 401. The van der Waals surface area contributed by atoms with Crippen LogP contribution in [0.2, 0.25) is 0 Å². The molecule has 0 spiro atoms. The van der Waals surface area contributed by atoms with Crippen molar-refractivity contribution in [1.29, 1.82) is 0 Å². The molecule has 0 radical (unpaired) electrons. The standard InChI is InChI=1S/C7H14N4O2S2/c1-2-3-6-10-7(14-11-6)9-4-5-15(8,12)13/h2-5H2,1H3,(H2,8,12,13)(H,9,10,11). The van der Waals surface area contributed by atoms with Gasteiger partial charge in [0.15, 0.2) is 0 Å². The van der Waals surface area contributed by atoms with Crippen LogP contribution in [-0.4, -0.2) is 30.1 Å². The van der Waals surface area contributed by atoms with E-state index in [1.807, 2.05) is 0 Å². The third-order valence-corrected chi connectivity index (χ3v) is 3.09. The van der Waals surface area contributed by atoms with Gasteiger partial charge in [-0.25, -0.2) is 18.5 Å². The number of aromatic nitrogens is 2. The van der Waals surface area contributed by atoms with Gasteiger partial charge in [-0.2, -0.15) is 4.37 Å². The zero-order valence-corrected chi connectivity index (χ0v) is 10.1. The van der Waals surface area contributed by atoms with Crippen LogP contribution in [0.1, 0.15) is 19.2 Å². The van der Waals surface area contributed by atoms with Gasteiger partial charge in [0, 0.05) is 24.5 Å². The van der Waals surface area contributed by atoms with Crippen LogP contribution in [0.4, 0.5) is 5.13 Å². The highest BCUT2D eigenvalue weighted by Crippen LogP contribution is 2.11. The molecule has 0 saturated carbocycles. The Morgan fingerprint density at radius 1 is 1.53 bits per heavy atom. The van der Waals surface area contributed by atoms with Crippen molar-refractivity contribution in [3.05, 3.63) is 5.82 Å². The second kappa shape index (κ2) is 5.38. The second-order valence-corrected chi connectivity index (χ2v) is 5.55. The summed E-state index contributed by atoms with van der Waals surface area (Å²) < 4.78 is 25.4. The Balaban J connectivity index is 2.38. The summed E-state index contributed by atoms with van der Waals surface area (Å²) in [6, 6.07) is 0. The third-order valence-electron chi connectivity index (χ3n) is 1.60. The van der Waals surface area contributed by atoms with Gasteiger partial charge in [-0.15, -0.1) is 0 Å². The molecular formula is C7H14N4O2S2. The Kier molecular flexibility index (Phi) is 4.43. The molecule has 6 nitrogen and oxygen atoms in total. The lowest BCUT2D eigenvalue weighted by Crippen LogP contribution is -2.22. The maximum atomic E-state index is 10.6. The first kappa shape index (κ1) is 12.3. The zero-order chi connectivity index (χ0) is 11.3. The van der Waals surface area contributed by atoms with Gasteiger partial charge in [0.05, 0.1) is 5.75 Å². The van der Waals surface area contributed by atoms with Crippen LogP contribution in [0.3, 0.4) is 0 Å². The number of sulfonamides is 1. The van der Waals surface area contributed by atoms with Gasteiger partial charge in [-0.1, -0.05) is 6.92 Å². The maximum Gasteiger partial charge on any atom is 0.210 e. The predicted molar refractivity (Wildman–Crippen MR) is 60.4 cm³/mol. The summed E-state index contributed by atoms with van der Waals surface area (Å²) in [5.74, 6) is 0.691. The lowest BCUT2D eigenvalue weighted by Gasteiger charge is -1.99. The van der Waals surface area contributed by atoms with Gasteiger partial charge < -0.3 is 5.32 Å². The molecule has 0 aliphatic rings. The van der Waals surface area contributed by atoms with E-state index in [0.29, 0.717) is 5.13 Å². The third kappa shape index (κ3) is 5.05. The lowest BCUT2D eigenvalue weighted by atomic mass is 10.3. The molecule has 86 valence electrons. The van der Waals surface area contributed by atoms with Crippen molar-refractivity contribution in [3.63, 3.8) is 0 Å². The summed E-state index contributed by atoms with van der Waals surface area (Å²) in [7, 11) is -3.40. The minimum atomic E-state index is -3.40. The largest absolute Gasteiger partial charge is 0.359 e. The fourth-order valence-electron chi connectivity index (χ4n) is 0.951. The molecule has 1 rings (SSSR count). The molecule has 0 aliphatic carbocycles. The maximum absolute atomic E-state index is 10.6. The van der Waals surface area contributed by atoms with Crippen molar-refractivity contribution in [2.24, 2.45) is 5.14 Å². The van der Waals surface area contributed by atoms with E-state index in [1.165, 1.54) is 11.5 Å². The fraction of sp³-hybridized carbons (Fsp3) is 0.714. The first-order valence-electron chi connectivity index (χ1n) is 4.58. The summed E-state index contributed by atoms with van der Waals surface area (Å²) >= 11 is 1.23. The average molecular weight is 250 g/mol. The zero-order valence-electron chi connectivity index (χ0n) is 8.43. The Hall–Kier alpha value is -0.730. The summed E-state index contributed by atoms with van der Waals surface area (Å²) in [5.41, 5.74) is 0. The van der Waals surface area contributed by atoms with E-state index < -0.39 is 10.0 Å². The van der Waals surface area contributed by atoms with Crippen molar-refractivity contribution in [2.45, 2.75) is 19.8 Å². The van der Waals surface area contributed by atoms with Gasteiger partial charge in [0.1, 0.15) is 5.82 Å². The van der Waals surface area contributed by atoms with E-state index in [1.54, 1.807) is 0 Å². The highest BCUT2D eigenvalue weighted by Gasteiger charge is 2.05. The van der Waals surface area contributed by atoms with Gasteiger partial charge in [0.25, 0.3) is 0 Å². The molecule has 1 aromatic rings. The quantitative estimate of drug-likeness (QED) is 0.751. The molecular weight excluding hydrogens is 236 g/mol. The van der Waals surface area contributed by atoms with Crippen LogP contribution < -0.4 is 10.5 Å². The van der Waals surface area contributed by atoms with Crippen molar-refractivity contribution < 1.29 is 8.42 Å². The molecule has 8 heteroatoms. The number of rotatable bonds is 6. The summed E-state index contributed by atoms with van der Waals surface area (Å²) in [6.07, 6.45) is 1.83. The van der Waals surface area contributed by atoms with Gasteiger partial charge in [-0.05, 0) is 6.42 Å². The van der Waals surface area contributed by atoms with Crippen LogP contribution >= 0.6 is 11.5 Å². The van der Waals surface area contributed by atoms with Gasteiger partial charge >= 0.3 is 0 Å². The predicted octanol–water partition coefficient (Wildman–Crippen LogP) is 0.191. The number of nitrogens with two attached hydrogens (primary N) is 1. The van der Waals surface area contributed by atoms with E-state index in [-0.39, 0.29) is 12.3 Å². The number of nitrogens with zero attached hydrogens (tertiary/aromatic N) is 2. The average Bonchev–Trinajstić information content (AvgIpc) is 2.51. The summed E-state index contributed by atoms with van der Waals surface area (Å²) in [6.45, 7) is 2.31. The van der Waals surface area contributed by atoms with Crippen molar-refractivity contribution in [2.75, 3.05) is 17.6 Å². The molecule has 0 fully saturated rings. The Morgan fingerprint density at radius 2 is 2.27 bits per heavy atom. The minimum absolute atomic E-state index is 0.101. The Morgan fingerprint density at radius 3 is 2.87 bits per heavy atom. The molecule has 0 amide bonds. The number of anilines is 1. The molecule has 0 aliphatic heterocycles. The number of nitrogens with one attached hydrogen (secondary N) is 1. The minimum Gasteiger partial charge on any atom is -0.359 e. The Labute approximate surface area is 93.1 Å². The number of aryl methyl sites for hydroxylation is 1. The molecule has 0 saturated heterocycles. The van der Waals surface area contributed by atoms with E-state index in [2.05, 4.69) is 21.6 Å². The molecule has 1 aromatic heterocycles. The van der Waals surface area contributed by atoms with Gasteiger partial charge in [0.2, 0.25) is 15.2 Å². The van der Waals surface area contributed by atoms with E-state index >= 15 is 0 Å². The second-order valence-electron chi connectivity index (χ2n) is 3.06. The van der Waals surface area contributed by atoms with Crippen LogP contribution in [0.15, 0.2) is 0 Å². The topological polar surface area (TPSA) is 98.0 Å². The first-order valence-corrected chi connectivity index (χ1v) is 7.07. The fourth-order valence-corrected chi connectivity index (χ4v) is 1.97. The molecule has 1 heterocycles. The number of hydrogen-bond donors (Lipinski definition) is 2. The normalized spacial score (nSPS) is 11.6. The molecule has 0 unspecified atom stereocenters. The van der Waals surface area contributed by atoms with E-state index in [0.717, 1.165) is 18.7 Å². The van der Waals surface area contributed by atoms with Crippen LogP contribution in [0.25, 0.3) is 0 Å². The van der Waals surface area contributed by atoms with Crippen molar-refractivity contribution >= 4 is 26.7 Å². The molecule has 15 heavy (non-hydrogen) atoms. The highest BCUT2D eigenvalue weighted by atomic mass is 32.2. The smallest absolute Gasteiger partial charge is 0.210 e. The van der Waals surface area contributed by atoms with Crippen LogP contribution in [0, 0.1) is 0 Å².